The molecular formula is C29H36O6. The fraction of sp³-hybridized carbons (Fsp3) is 0.276. The molecule has 2 aromatic rings. The summed E-state index contributed by atoms with van der Waals surface area (Å²) in [5.74, 6) is -0.411. The van der Waals surface area contributed by atoms with Gasteiger partial charge >= 0.3 is 17.9 Å². The first-order valence-electron chi connectivity index (χ1n) is 10.9. The molecule has 0 N–H and O–H groups in total. The average Bonchev–Trinajstić information content (AvgIpc) is 2.78. The minimum absolute atomic E-state index is 0.304. The zero-order chi connectivity index (χ0) is 27.0. The number of hydrogen-bond acceptors (Lipinski definition) is 6. The van der Waals surface area contributed by atoms with Crippen molar-refractivity contribution < 1.29 is 28.6 Å². The number of esters is 3. The summed E-state index contributed by atoms with van der Waals surface area (Å²) >= 11 is 0. The molecular weight excluding hydrogens is 444 g/mol. The molecule has 0 heterocycles. The maximum Gasteiger partial charge on any atom is 0.333 e. The first-order valence-corrected chi connectivity index (χ1v) is 10.9. The number of rotatable bonds is 6. The van der Waals surface area contributed by atoms with Crippen LogP contribution in [-0.4, -0.2) is 23.5 Å². The highest BCUT2D eigenvalue weighted by Crippen LogP contribution is 2.12. The number of ether oxygens (including phenoxy) is 3. The van der Waals surface area contributed by atoms with Crippen LogP contribution in [0.4, 0.5) is 0 Å². The Morgan fingerprint density at radius 3 is 1.71 bits per heavy atom. The maximum atomic E-state index is 11.0. The predicted molar refractivity (Wildman–Crippen MR) is 140 cm³/mol. The number of carbonyl (C=O) groups is 3. The molecule has 0 aliphatic heterocycles. The molecule has 6 nitrogen and oxygen atoms in total. The summed E-state index contributed by atoms with van der Waals surface area (Å²) < 4.78 is 14.8. The molecule has 188 valence electrons. The SMILES string of the molecule is C=C(C)C(=O)OC(C)(C)C.C=C(C)C(=O)OCc1ccccc1.C=Cc1ccc(OC(C)=O)cc1. The molecule has 0 spiro atoms. The molecule has 0 saturated carbocycles. The quantitative estimate of drug-likeness (QED) is 0.268. The van der Waals surface area contributed by atoms with E-state index in [4.69, 9.17) is 14.2 Å². The van der Waals surface area contributed by atoms with Crippen molar-refractivity contribution in [2.24, 2.45) is 0 Å². The molecule has 0 fully saturated rings. The third kappa shape index (κ3) is 16.3. The van der Waals surface area contributed by atoms with E-state index in [2.05, 4.69) is 19.7 Å². The first-order chi connectivity index (χ1) is 16.2. The van der Waals surface area contributed by atoms with E-state index in [9.17, 15) is 14.4 Å². The molecule has 0 saturated heterocycles. The highest BCUT2D eigenvalue weighted by Gasteiger charge is 2.15. The van der Waals surface area contributed by atoms with Crippen LogP contribution >= 0.6 is 0 Å². The molecule has 0 bridgehead atoms. The van der Waals surface area contributed by atoms with Gasteiger partial charge in [-0.1, -0.05) is 68.3 Å². The van der Waals surface area contributed by atoms with Crippen molar-refractivity contribution in [3.05, 3.63) is 96.6 Å². The normalized spacial score (nSPS) is 9.66. The Balaban J connectivity index is 0.000000501. The number of carbonyl (C=O) groups excluding carboxylic acids is 3. The molecule has 0 aromatic heterocycles. The molecule has 0 aliphatic rings. The molecule has 2 aromatic carbocycles. The van der Waals surface area contributed by atoms with E-state index in [0.717, 1.165) is 11.1 Å². The Kier molecular flexibility index (Phi) is 14.0. The van der Waals surface area contributed by atoms with Crippen molar-refractivity contribution in [2.75, 3.05) is 0 Å². The fourth-order valence-corrected chi connectivity index (χ4v) is 2.05. The molecule has 0 atom stereocenters. The van der Waals surface area contributed by atoms with Gasteiger partial charge in [0.05, 0.1) is 0 Å². The largest absolute Gasteiger partial charge is 0.457 e. The van der Waals surface area contributed by atoms with Crippen LogP contribution in [0, 0.1) is 0 Å². The lowest BCUT2D eigenvalue weighted by Crippen LogP contribution is -2.23. The van der Waals surface area contributed by atoms with E-state index in [0.29, 0.717) is 23.5 Å². The summed E-state index contributed by atoms with van der Waals surface area (Å²) in [4.78, 5) is 32.4. The van der Waals surface area contributed by atoms with E-state index >= 15 is 0 Å². The highest BCUT2D eigenvalue weighted by atomic mass is 16.6. The Hall–Kier alpha value is -3.93. The number of benzene rings is 2. The lowest BCUT2D eigenvalue weighted by atomic mass is 10.2. The molecule has 0 amide bonds. The van der Waals surface area contributed by atoms with Crippen molar-refractivity contribution in [3.8, 4) is 5.75 Å². The monoisotopic (exact) mass is 480 g/mol. The summed E-state index contributed by atoms with van der Waals surface area (Å²) in [6, 6.07) is 16.7. The second-order valence-corrected chi connectivity index (χ2v) is 8.49. The van der Waals surface area contributed by atoms with Crippen molar-refractivity contribution in [2.45, 2.75) is 53.8 Å². The molecule has 6 heteroatoms. The third-order valence-electron chi connectivity index (χ3n) is 3.69. The van der Waals surface area contributed by atoms with Gasteiger partial charge in [-0.2, -0.15) is 0 Å². The van der Waals surface area contributed by atoms with Crippen LogP contribution < -0.4 is 4.74 Å². The Bertz CT molecular complexity index is 996. The maximum absolute atomic E-state index is 11.0. The van der Waals surface area contributed by atoms with E-state index in [-0.39, 0.29) is 17.9 Å². The van der Waals surface area contributed by atoms with Crippen molar-refractivity contribution in [1.82, 2.24) is 0 Å². The van der Waals surface area contributed by atoms with Crippen molar-refractivity contribution >= 4 is 24.0 Å². The van der Waals surface area contributed by atoms with Crippen LogP contribution in [0.5, 0.6) is 5.75 Å². The summed E-state index contributed by atoms with van der Waals surface area (Å²) in [5.41, 5.74) is 2.45. The van der Waals surface area contributed by atoms with Gasteiger partial charge in [0, 0.05) is 18.1 Å². The Morgan fingerprint density at radius 2 is 1.34 bits per heavy atom. The van der Waals surface area contributed by atoms with Crippen LogP contribution in [0.15, 0.2) is 85.5 Å². The van der Waals surface area contributed by atoms with Crippen LogP contribution in [0.3, 0.4) is 0 Å². The molecule has 0 radical (unpaired) electrons. The Morgan fingerprint density at radius 1 is 0.829 bits per heavy atom. The van der Waals surface area contributed by atoms with Crippen molar-refractivity contribution in [1.29, 1.82) is 0 Å². The van der Waals surface area contributed by atoms with Crippen LogP contribution in [0.1, 0.15) is 52.7 Å². The average molecular weight is 481 g/mol. The minimum atomic E-state index is -0.407. The van der Waals surface area contributed by atoms with E-state index in [1.165, 1.54) is 6.92 Å². The molecule has 0 unspecified atom stereocenters. The summed E-state index contributed by atoms with van der Waals surface area (Å²) in [5, 5.41) is 0. The second kappa shape index (κ2) is 15.8. The number of hydrogen-bond donors (Lipinski definition) is 0. The molecule has 0 aliphatic carbocycles. The first kappa shape index (κ1) is 31.1. The zero-order valence-corrected chi connectivity index (χ0v) is 21.6. The van der Waals surface area contributed by atoms with E-state index in [1.54, 1.807) is 32.1 Å². The predicted octanol–water partition coefficient (Wildman–Crippen LogP) is 6.47. The van der Waals surface area contributed by atoms with Gasteiger partial charge in [0.2, 0.25) is 0 Å². The summed E-state index contributed by atoms with van der Waals surface area (Å²) in [6.07, 6.45) is 1.73. The summed E-state index contributed by atoms with van der Waals surface area (Å²) in [6.45, 7) is 21.0. The van der Waals surface area contributed by atoms with Gasteiger partial charge in [-0.15, -0.1) is 0 Å². The topological polar surface area (TPSA) is 78.9 Å². The van der Waals surface area contributed by atoms with Crippen LogP contribution in [-0.2, 0) is 30.5 Å². The minimum Gasteiger partial charge on any atom is -0.457 e. The van der Waals surface area contributed by atoms with Crippen LogP contribution in [0.2, 0.25) is 0 Å². The Labute approximate surface area is 208 Å². The molecule has 2 rings (SSSR count). The fourth-order valence-electron chi connectivity index (χ4n) is 2.05. The van der Waals surface area contributed by atoms with E-state index < -0.39 is 5.60 Å². The van der Waals surface area contributed by atoms with Gasteiger partial charge in [0.1, 0.15) is 18.0 Å². The van der Waals surface area contributed by atoms with Gasteiger partial charge in [-0.05, 0) is 57.9 Å². The van der Waals surface area contributed by atoms with E-state index in [1.807, 2.05) is 63.2 Å². The summed E-state index contributed by atoms with van der Waals surface area (Å²) in [7, 11) is 0. The van der Waals surface area contributed by atoms with Gasteiger partial charge in [-0.3, -0.25) is 4.79 Å². The standard InChI is InChI=1S/C11H12O2.C10H10O2.C8H14O2/c1-9(2)11(12)13-8-10-6-4-3-5-7-10;1-3-9-4-6-10(7-5-9)12-8(2)11;1-6(2)7(9)10-8(3,4)5/h3-7H,1,8H2,2H3;3-7H,1H2,2H3;1H2,2-5H3. The molecule has 35 heavy (non-hydrogen) atoms. The highest BCUT2D eigenvalue weighted by molar-refractivity contribution is 5.87. The van der Waals surface area contributed by atoms with Gasteiger partial charge in [0.25, 0.3) is 0 Å². The van der Waals surface area contributed by atoms with Gasteiger partial charge in [0.15, 0.2) is 0 Å². The van der Waals surface area contributed by atoms with Gasteiger partial charge in [-0.25, -0.2) is 9.59 Å². The van der Waals surface area contributed by atoms with Crippen LogP contribution in [0.25, 0.3) is 6.08 Å². The lowest BCUT2D eigenvalue weighted by Gasteiger charge is -2.19. The lowest BCUT2D eigenvalue weighted by molar-refractivity contribution is -0.149. The van der Waals surface area contributed by atoms with Gasteiger partial charge < -0.3 is 14.2 Å². The smallest absolute Gasteiger partial charge is 0.333 e. The third-order valence-corrected chi connectivity index (χ3v) is 3.69. The zero-order valence-electron chi connectivity index (χ0n) is 21.6. The van der Waals surface area contributed by atoms with Crippen molar-refractivity contribution in [3.63, 3.8) is 0 Å². The second-order valence-electron chi connectivity index (χ2n) is 8.49.